The smallest absolute Gasteiger partial charge is 0.160 e. The Labute approximate surface area is 151 Å². The lowest BCUT2D eigenvalue weighted by molar-refractivity contribution is -0.0848. The second kappa shape index (κ2) is 18.4. The van der Waals surface area contributed by atoms with Crippen molar-refractivity contribution in [1.82, 2.24) is 0 Å². The molecule has 3 unspecified atom stereocenters. The molecule has 0 aromatic carbocycles. The highest BCUT2D eigenvalue weighted by Crippen LogP contribution is 2.21. The van der Waals surface area contributed by atoms with Gasteiger partial charge in [-0.3, -0.25) is 0 Å². The molecule has 0 spiro atoms. The van der Waals surface area contributed by atoms with Crippen LogP contribution in [0.4, 0.5) is 0 Å². The highest BCUT2D eigenvalue weighted by molar-refractivity contribution is 7.38. The molecule has 0 rings (SSSR count). The van der Waals surface area contributed by atoms with Gasteiger partial charge >= 0.3 is 0 Å². The number of hydrogen-bond acceptors (Lipinski definition) is 6. The summed E-state index contributed by atoms with van der Waals surface area (Å²) in [5.74, 6) is 0. The van der Waals surface area contributed by atoms with Crippen LogP contribution in [0.25, 0.3) is 0 Å². The zero-order valence-electron chi connectivity index (χ0n) is 15.7. The summed E-state index contributed by atoms with van der Waals surface area (Å²) < 4.78 is 26.7. The van der Waals surface area contributed by atoms with E-state index in [-0.39, 0.29) is 12.6 Å². The molecule has 0 aromatic heterocycles. The highest BCUT2D eigenvalue weighted by atomic mass is 31.1. The van der Waals surface area contributed by atoms with Crippen LogP contribution in [0.2, 0.25) is 0 Å². The van der Waals surface area contributed by atoms with Crippen molar-refractivity contribution < 1.29 is 23.7 Å². The highest BCUT2D eigenvalue weighted by Gasteiger charge is 2.11. The minimum Gasteiger partial charge on any atom is -0.377 e. The van der Waals surface area contributed by atoms with Gasteiger partial charge in [0.05, 0.1) is 12.7 Å². The van der Waals surface area contributed by atoms with Gasteiger partial charge in [-0.15, -0.1) is 17.2 Å². The molecule has 0 saturated carbocycles. The summed E-state index contributed by atoms with van der Waals surface area (Å²) in [7, 11) is 8.44. The van der Waals surface area contributed by atoms with Crippen LogP contribution < -0.4 is 5.73 Å². The molecule has 8 heteroatoms. The summed E-state index contributed by atoms with van der Waals surface area (Å²) in [6, 6.07) is 0. The summed E-state index contributed by atoms with van der Waals surface area (Å²) in [6.45, 7) is 1.23. The zero-order chi connectivity index (χ0) is 18.0. The monoisotopic (exact) mass is 385 g/mol. The Bertz CT molecular complexity index is 257. The third kappa shape index (κ3) is 13.9. The van der Waals surface area contributed by atoms with E-state index in [1.807, 2.05) is 0 Å². The van der Waals surface area contributed by atoms with Crippen LogP contribution in [0, 0.1) is 0 Å². The zero-order valence-corrected chi connectivity index (χ0v) is 17.7. The van der Waals surface area contributed by atoms with Crippen molar-refractivity contribution in [1.29, 1.82) is 0 Å². The van der Waals surface area contributed by atoms with Gasteiger partial charge in [-0.1, -0.05) is 0 Å². The number of rotatable bonds is 18. The molecule has 24 heavy (non-hydrogen) atoms. The van der Waals surface area contributed by atoms with E-state index in [9.17, 15) is 0 Å². The topological polar surface area (TPSA) is 72.2 Å². The maximum absolute atomic E-state index is 5.89. The first-order chi connectivity index (χ1) is 11.7. The van der Waals surface area contributed by atoms with Gasteiger partial charge in [0.25, 0.3) is 0 Å². The number of ether oxygens (including phenoxy) is 5. The van der Waals surface area contributed by atoms with Crippen LogP contribution in [0.5, 0.6) is 0 Å². The van der Waals surface area contributed by atoms with E-state index in [1.165, 1.54) is 12.6 Å². The van der Waals surface area contributed by atoms with E-state index in [0.717, 1.165) is 48.5 Å². The van der Waals surface area contributed by atoms with Gasteiger partial charge in [0, 0.05) is 47.3 Å². The summed E-state index contributed by atoms with van der Waals surface area (Å²) in [5, 5.41) is 0. The Morgan fingerprint density at radius 2 is 1.33 bits per heavy atom. The predicted octanol–water partition coefficient (Wildman–Crippen LogP) is 2.10. The van der Waals surface area contributed by atoms with Gasteiger partial charge in [-0.25, -0.2) is 0 Å². The molecule has 2 N–H and O–H groups in total. The number of methoxy groups -OCH3 is 4. The number of nitrogens with two attached hydrogens (primary N) is 1. The first kappa shape index (κ1) is 24.6. The Morgan fingerprint density at radius 1 is 0.792 bits per heavy atom. The van der Waals surface area contributed by atoms with Crippen molar-refractivity contribution >= 4 is 17.2 Å². The van der Waals surface area contributed by atoms with E-state index in [1.54, 1.807) is 28.4 Å². The first-order valence-electron chi connectivity index (χ1n) is 8.56. The molecule has 0 radical (unpaired) electrons. The van der Waals surface area contributed by atoms with Crippen LogP contribution in [-0.2, 0) is 23.7 Å². The molecule has 6 nitrogen and oxygen atoms in total. The SMILES string of the molecule is COC(CPCCCC(CCPCC(OC)OC)OCCN)OC. The predicted molar refractivity (Wildman–Crippen MR) is 104 cm³/mol. The Hall–Kier alpha value is 0.620. The molecule has 0 saturated heterocycles. The Balaban J connectivity index is 3.83. The molecule has 0 bridgehead atoms. The molecule has 146 valence electrons. The normalized spacial score (nSPS) is 14.1. The molecule has 0 heterocycles. The maximum atomic E-state index is 5.89. The van der Waals surface area contributed by atoms with Gasteiger partial charge in [0.15, 0.2) is 12.6 Å². The van der Waals surface area contributed by atoms with Gasteiger partial charge < -0.3 is 29.4 Å². The molecule has 0 amide bonds. The van der Waals surface area contributed by atoms with Gasteiger partial charge in [-0.2, -0.15) is 0 Å². The second-order valence-electron chi connectivity index (χ2n) is 5.42. The van der Waals surface area contributed by atoms with E-state index in [0.29, 0.717) is 19.3 Å². The summed E-state index contributed by atoms with van der Waals surface area (Å²) in [6.07, 6.45) is 7.79. The summed E-state index contributed by atoms with van der Waals surface area (Å²) in [5.41, 5.74) is 5.56. The van der Waals surface area contributed by atoms with Crippen molar-refractivity contribution in [3.05, 3.63) is 0 Å². The Kier molecular flexibility index (Phi) is 18.9. The van der Waals surface area contributed by atoms with E-state index < -0.39 is 0 Å². The largest absolute Gasteiger partial charge is 0.377 e. The van der Waals surface area contributed by atoms with Crippen LogP contribution in [0.1, 0.15) is 19.3 Å². The molecular formula is C16H37NO5P2. The minimum atomic E-state index is -0.0811. The van der Waals surface area contributed by atoms with Gasteiger partial charge in [0.1, 0.15) is 0 Å². The number of hydrogen-bond donors (Lipinski definition) is 1. The molecule has 0 aromatic rings. The summed E-state index contributed by atoms with van der Waals surface area (Å²) in [4.78, 5) is 0. The average Bonchev–Trinajstić information content (AvgIpc) is 2.62. The van der Waals surface area contributed by atoms with Crippen LogP contribution >= 0.6 is 17.2 Å². The third-order valence-electron chi connectivity index (χ3n) is 3.67. The second-order valence-corrected chi connectivity index (χ2v) is 8.24. The lowest BCUT2D eigenvalue weighted by Crippen LogP contribution is -2.20. The van der Waals surface area contributed by atoms with Crippen molar-refractivity contribution in [2.24, 2.45) is 5.73 Å². The third-order valence-corrected chi connectivity index (χ3v) is 6.26. The molecule has 3 atom stereocenters. The molecule has 0 aliphatic carbocycles. The Morgan fingerprint density at radius 3 is 1.83 bits per heavy atom. The van der Waals surface area contributed by atoms with Crippen molar-refractivity contribution in [3.63, 3.8) is 0 Å². The van der Waals surface area contributed by atoms with Crippen molar-refractivity contribution in [3.8, 4) is 0 Å². The van der Waals surface area contributed by atoms with E-state index in [4.69, 9.17) is 29.4 Å². The first-order valence-corrected chi connectivity index (χ1v) is 11.4. The van der Waals surface area contributed by atoms with Crippen LogP contribution in [-0.4, -0.2) is 84.9 Å². The minimum absolute atomic E-state index is 0.0664. The molecule has 0 aliphatic heterocycles. The lowest BCUT2D eigenvalue weighted by atomic mass is 10.1. The quantitative estimate of drug-likeness (QED) is 0.221. The van der Waals surface area contributed by atoms with Crippen molar-refractivity contribution in [2.45, 2.75) is 37.9 Å². The fourth-order valence-corrected chi connectivity index (χ4v) is 4.76. The van der Waals surface area contributed by atoms with Crippen LogP contribution in [0.15, 0.2) is 0 Å². The van der Waals surface area contributed by atoms with Gasteiger partial charge in [0.2, 0.25) is 0 Å². The fourth-order valence-electron chi connectivity index (χ4n) is 2.23. The maximum Gasteiger partial charge on any atom is 0.160 e. The fraction of sp³-hybridized carbons (Fsp3) is 1.00. The summed E-state index contributed by atoms with van der Waals surface area (Å²) >= 11 is 0. The average molecular weight is 385 g/mol. The van der Waals surface area contributed by atoms with E-state index in [2.05, 4.69) is 0 Å². The molecular weight excluding hydrogens is 348 g/mol. The van der Waals surface area contributed by atoms with Crippen LogP contribution in [0.3, 0.4) is 0 Å². The van der Waals surface area contributed by atoms with Crippen molar-refractivity contribution in [2.75, 3.05) is 66.2 Å². The van der Waals surface area contributed by atoms with E-state index >= 15 is 0 Å². The molecule has 0 aliphatic rings. The lowest BCUT2D eigenvalue weighted by Gasteiger charge is -2.19. The standard InChI is InChI=1S/C16H37NO5P2/c1-18-15(19-2)12-23-10-5-6-14(22-9-8-17)7-11-24-13-16(20-3)21-4/h14-16,23-24H,5-13,17H2,1-4H3. The molecule has 0 fully saturated rings. The van der Waals surface area contributed by atoms with Gasteiger partial charge in [-0.05, 0) is 31.6 Å².